The lowest BCUT2D eigenvalue weighted by atomic mass is 9.47. The summed E-state index contributed by atoms with van der Waals surface area (Å²) in [6, 6.07) is 28.9. The minimum atomic E-state index is -0.989. The third-order valence-corrected chi connectivity index (χ3v) is 10.0. The molecule has 1 aromatic heterocycles. The number of fused-ring (bicyclic) bond motifs is 1. The second-order valence-electron chi connectivity index (χ2n) is 10.5. The molecule has 2 heterocycles. The van der Waals surface area contributed by atoms with Gasteiger partial charge < -0.3 is 0 Å². The van der Waals surface area contributed by atoms with E-state index < -0.39 is 17.3 Å². The van der Waals surface area contributed by atoms with Gasteiger partial charge in [0.25, 0.3) is 0 Å². The van der Waals surface area contributed by atoms with E-state index in [-0.39, 0.29) is 22.8 Å². The highest BCUT2D eigenvalue weighted by Gasteiger charge is 2.68. The molecule has 0 saturated carbocycles. The van der Waals surface area contributed by atoms with Crippen molar-refractivity contribution in [2.75, 3.05) is 10.3 Å². The first-order chi connectivity index (χ1) is 20.0. The highest BCUT2D eigenvalue weighted by atomic mass is 35.5. The van der Waals surface area contributed by atoms with Crippen LogP contribution in [0, 0.1) is 11.8 Å². The number of nitrogens with zero attached hydrogens (tertiary/aromatic N) is 3. The number of carbonyl (C=O) groups excluding carboxylic acids is 2. The molecule has 1 fully saturated rings. The number of hydrazone groups is 1. The monoisotopic (exact) mass is 594 g/mol. The van der Waals surface area contributed by atoms with Crippen molar-refractivity contribution in [2.24, 2.45) is 16.9 Å². The largest absolute Gasteiger partial charge is 0.274 e. The highest BCUT2D eigenvalue weighted by Crippen LogP contribution is 2.63. The predicted molar refractivity (Wildman–Crippen MR) is 163 cm³/mol. The van der Waals surface area contributed by atoms with Gasteiger partial charge in [0.2, 0.25) is 16.9 Å². The molecule has 0 spiro atoms. The number of aromatic nitrogens is 1. The summed E-state index contributed by atoms with van der Waals surface area (Å²) in [6.07, 6.45) is 1.81. The first-order valence-electron chi connectivity index (χ1n) is 13.2. The first-order valence-corrected chi connectivity index (χ1v) is 14.7. The molecule has 1 aliphatic heterocycles. The average Bonchev–Trinajstić information content (AvgIpc) is 3.52. The number of imide groups is 1. The van der Waals surface area contributed by atoms with Gasteiger partial charge in [-0.05, 0) is 52.6 Å². The zero-order chi connectivity index (χ0) is 27.9. The minimum absolute atomic E-state index is 0.250. The Hall–Kier alpha value is -4.04. The van der Waals surface area contributed by atoms with Crippen LogP contribution in [0.4, 0.5) is 10.8 Å². The summed E-state index contributed by atoms with van der Waals surface area (Å²) in [6.45, 7) is 0. The van der Waals surface area contributed by atoms with Crippen molar-refractivity contribution in [2.45, 2.75) is 11.3 Å². The maximum Gasteiger partial charge on any atom is 0.239 e. The highest BCUT2D eigenvalue weighted by molar-refractivity contribution is 7.22. The number of benzene rings is 4. The smallest absolute Gasteiger partial charge is 0.239 e. The Morgan fingerprint density at radius 1 is 0.878 bits per heavy atom. The van der Waals surface area contributed by atoms with E-state index in [1.54, 1.807) is 18.2 Å². The maximum absolute atomic E-state index is 14.5. The van der Waals surface area contributed by atoms with Crippen LogP contribution in [0.15, 0.2) is 96.1 Å². The summed E-state index contributed by atoms with van der Waals surface area (Å²) in [5.74, 6) is -2.17. The Balaban J connectivity index is 1.32. The second kappa shape index (κ2) is 8.98. The number of nitrogens with one attached hydrogen (secondary N) is 1. The number of para-hydroxylation sites is 1. The Kier molecular flexibility index (Phi) is 5.42. The van der Waals surface area contributed by atoms with Crippen molar-refractivity contribution < 1.29 is 9.59 Å². The Labute approximate surface area is 249 Å². The molecular weight excluding hydrogens is 575 g/mol. The zero-order valence-corrected chi connectivity index (χ0v) is 23.6. The van der Waals surface area contributed by atoms with Gasteiger partial charge in [-0.3, -0.25) is 15.0 Å². The van der Waals surface area contributed by atoms with Gasteiger partial charge in [0, 0.05) is 17.2 Å². The SMILES string of the molecule is O=C1[C@@H]2C3c4ccccc4C(/C=N\Nc4nc5ccccc5s4)(c4ccccc43)[C@H]2C(=O)N1c1ccc(Cl)cc1Cl. The molecule has 41 heavy (non-hydrogen) atoms. The molecular formula is C32H20Cl2N4O2S. The number of amides is 2. The van der Waals surface area contributed by atoms with Crippen molar-refractivity contribution in [1.82, 2.24) is 4.98 Å². The van der Waals surface area contributed by atoms with Gasteiger partial charge in [-0.2, -0.15) is 5.10 Å². The predicted octanol–water partition coefficient (Wildman–Crippen LogP) is 7.25. The molecule has 0 radical (unpaired) electrons. The van der Waals surface area contributed by atoms with Crippen LogP contribution in [0.3, 0.4) is 0 Å². The van der Waals surface area contributed by atoms with Crippen LogP contribution >= 0.6 is 34.5 Å². The average molecular weight is 596 g/mol. The standard InChI is InChI=1S/C32H20Cl2N4O2S/c33-17-13-14-24(22(34)15-17)38-29(39)27-26-18-7-1-3-9-20(18)32(28(27)30(38)40,21-10-4-2-8-19(21)26)16-35-37-31-36-23-11-5-6-12-25(23)41-31/h1-16,26-28H,(H,36,37)/b35-16-/t26?,27-,28-,32?/m1/s1. The molecule has 2 bridgehead atoms. The summed E-state index contributed by atoms with van der Waals surface area (Å²) in [5, 5.41) is 6.04. The normalized spacial score (nSPS) is 24.1. The Morgan fingerprint density at radius 3 is 2.27 bits per heavy atom. The van der Waals surface area contributed by atoms with E-state index in [9.17, 15) is 9.59 Å². The number of halogens is 2. The molecule has 2 atom stereocenters. The molecule has 200 valence electrons. The Bertz CT molecular complexity index is 1870. The lowest BCUT2D eigenvalue weighted by Crippen LogP contribution is -2.54. The topological polar surface area (TPSA) is 74.7 Å². The summed E-state index contributed by atoms with van der Waals surface area (Å²) in [4.78, 5) is 34.6. The first kappa shape index (κ1) is 24.7. The van der Waals surface area contributed by atoms with Crippen LogP contribution in [-0.4, -0.2) is 23.0 Å². The molecule has 0 unspecified atom stereocenters. The minimum Gasteiger partial charge on any atom is -0.274 e. The lowest BCUT2D eigenvalue weighted by molar-refractivity contribution is -0.122. The van der Waals surface area contributed by atoms with E-state index in [1.165, 1.54) is 16.2 Å². The summed E-state index contributed by atoms with van der Waals surface area (Å²) >= 11 is 14.2. The summed E-state index contributed by atoms with van der Waals surface area (Å²) in [5.41, 5.74) is 7.37. The van der Waals surface area contributed by atoms with Crippen LogP contribution in [0.1, 0.15) is 28.2 Å². The fourth-order valence-electron chi connectivity index (χ4n) is 7.06. The quantitative estimate of drug-likeness (QED) is 0.135. The maximum atomic E-state index is 14.5. The molecule has 5 aromatic rings. The van der Waals surface area contributed by atoms with Gasteiger partial charge in [-0.1, -0.05) is 95.2 Å². The van der Waals surface area contributed by atoms with Gasteiger partial charge in [0.15, 0.2) is 0 Å². The molecule has 1 N–H and O–H groups in total. The number of rotatable bonds is 4. The second-order valence-corrected chi connectivity index (χ2v) is 12.4. The fraction of sp³-hybridized carbons (Fsp3) is 0.125. The van der Waals surface area contributed by atoms with E-state index in [2.05, 4.69) is 22.5 Å². The van der Waals surface area contributed by atoms with Crippen molar-refractivity contribution in [1.29, 1.82) is 0 Å². The van der Waals surface area contributed by atoms with Gasteiger partial charge in [-0.25, -0.2) is 9.88 Å². The summed E-state index contributed by atoms with van der Waals surface area (Å²) < 4.78 is 1.05. The van der Waals surface area contributed by atoms with Crippen LogP contribution in [0.2, 0.25) is 10.0 Å². The third kappa shape index (κ3) is 3.37. The zero-order valence-electron chi connectivity index (χ0n) is 21.3. The molecule has 4 aromatic carbocycles. The molecule has 9 rings (SSSR count). The number of hydrogen-bond donors (Lipinski definition) is 1. The molecule has 6 nitrogen and oxygen atoms in total. The molecule has 1 saturated heterocycles. The molecule has 2 amide bonds. The van der Waals surface area contributed by atoms with Gasteiger partial charge in [0.1, 0.15) is 0 Å². The van der Waals surface area contributed by atoms with E-state index >= 15 is 0 Å². The van der Waals surface area contributed by atoms with Crippen molar-refractivity contribution in [3.63, 3.8) is 0 Å². The van der Waals surface area contributed by atoms with Crippen LogP contribution in [0.5, 0.6) is 0 Å². The van der Waals surface area contributed by atoms with E-state index in [1.807, 2.05) is 66.9 Å². The molecule has 4 aliphatic rings. The Morgan fingerprint density at radius 2 is 1.56 bits per heavy atom. The lowest BCUT2D eigenvalue weighted by Gasteiger charge is -2.52. The van der Waals surface area contributed by atoms with Crippen LogP contribution in [-0.2, 0) is 15.0 Å². The van der Waals surface area contributed by atoms with Crippen LogP contribution in [0.25, 0.3) is 10.2 Å². The number of anilines is 2. The van der Waals surface area contributed by atoms with Crippen molar-refractivity contribution >= 4 is 73.6 Å². The third-order valence-electron chi connectivity index (χ3n) is 8.56. The van der Waals surface area contributed by atoms with Gasteiger partial charge in [-0.15, -0.1) is 0 Å². The molecule has 3 aliphatic carbocycles. The van der Waals surface area contributed by atoms with E-state index in [0.717, 1.165) is 32.5 Å². The van der Waals surface area contributed by atoms with E-state index in [4.69, 9.17) is 28.3 Å². The number of hydrogen-bond acceptors (Lipinski definition) is 6. The summed E-state index contributed by atoms with van der Waals surface area (Å²) in [7, 11) is 0. The fourth-order valence-corrected chi connectivity index (χ4v) is 8.37. The van der Waals surface area contributed by atoms with Crippen molar-refractivity contribution in [3.05, 3.63) is 123 Å². The van der Waals surface area contributed by atoms with Crippen molar-refractivity contribution in [3.8, 4) is 0 Å². The number of thiazole rings is 1. The number of carbonyl (C=O) groups is 2. The molecule has 9 heteroatoms. The van der Waals surface area contributed by atoms with Crippen LogP contribution < -0.4 is 10.3 Å². The van der Waals surface area contributed by atoms with Gasteiger partial charge >= 0.3 is 0 Å². The van der Waals surface area contributed by atoms with Gasteiger partial charge in [0.05, 0.1) is 38.2 Å². The van der Waals surface area contributed by atoms with E-state index in [0.29, 0.717) is 15.8 Å².